The number of amides is 1. The molecule has 100 valence electrons. The van der Waals surface area contributed by atoms with Gasteiger partial charge in [-0.15, -0.1) is 0 Å². The van der Waals surface area contributed by atoms with E-state index in [-0.39, 0.29) is 5.91 Å². The van der Waals surface area contributed by atoms with Gasteiger partial charge in [-0.3, -0.25) is 4.79 Å². The van der Waals surface area contributed by atoms with E-state index in [0.29, 0.717) is 6.42 Å². The molecule has 3 nitrogen and oxygen atoms in total. The summed E-state index contributed by atoms with van der Waals surface area (Å²) in [6.45, 7) is 4.19. The van der Waals surface area contributed by atoms with Crippen LogP contribution in [-0.2, 0) is 11.2 Å². The zero-order valence-corrected chi connectivity index (χ0v) is 12.1. The van der Waals surface area contributed by atoms with Gasteiger partial charge in [0.25, 0.3) is 0 Å². The molecule has 0 aliphatic rings. The Morgan fingerprint density at radius 3 is 2.83 bits per heavy atom. The van der Waals surface area contributed by atoms with E-state index in [1.54, 1.807) is 11.8 Å². The second kappa shape index (κ2) is 7.44. The molecule has 0 radical (unpaired) electrons. The number of carbonyl (C=O) groups excluding carboxylic acids is 1. The Bertz CT molecular complexity index is 407. The molecule has 18 heavy (non-hydrogen) atoms. The number of benzene rings is 1. The summed E-state index contributed by atoms with van der Waals surface area (Å²) in [5.74, 6) is 0.804. The highest BCUT2D eigenvalue weighted by molar-refractivity contribution is 7.98. The molecule has 3 N–H and O–H groups in total. The average molecular weight is 266 g/mol. The number of thioether (sulfide) groups is 1. The van der Waals surface area contributed by atoms with Crippen molar-refractivity contribution >= 4 is 23.4 Å². The van der Waals surface area contributed by atoms with Gasteiger partial charge in [0.2, 0.25) is 5.91 Å². The third-order valence-corrected chi connectivity index (χ3v) is 3.61. The van der Waals surface area contributed by atoms with Crippen LogP contribution in [0.3, 0.4) is 0 Å². The van der Waals surface area contributed by atoms with Crippen LogP contribution in [0, 0.1) is 6.92 Å². The van der Waals surface area contributed by atoms with Gasteiger partial charge in [0.05, 0.1) is 6.04 Å². The van der Waals surface area contributed by atoms with Crippen LogP contribution in [0.5, 0.6) is 0 Å². The maximum atomic E-state index is 11.9. The molecular weight excluding hydrogens is 244 g/mol. The molecule has 0 aliphatic heterocycles. The molecule has 0 saturated carbocycles. The fraction of sp³-hybridized carbons (Fsp3) is 0.500. The second-order valence-electron chi connectivity index (χ2n) is 4.37. The minimum Gasteiger partial charge on any atom is -0.325 e. The van der Waals surface area contributed by atoms with Crippen molar-refractivity contribution < 1.29 is 4.79 Å². The fourth-order valence-electron chi connectivity index (χ4n) is 1.74. The quantitative estimate of drug-likeness (QED) is 0.832. The number of nitrogens with one attached hydrogen (secondary N) is 1. The smallest absolute Gasteiger partial charge is 0.241 e. The highest BCUT2D eigenvalue weighted by atomic mass is 32.2. The number of carbonyl (C=O) groups is 1. The summed E-state index contributed by atoms with van der Waals surface area (Å²) < 4.78 is 0. The van der Waals surface area contributed by atoms with Gasteiger partial charge in [-0.05, 0) is 55.0 Å². The molecule has 0 fully saturated rings. The van der Waals surface area contributed by atoms with Gasteiger partial charge >= 0.3 is 0 Å². The van der Waals surface area contributed by atoms with Crippen LogP contribution < -0.4 is 11.1 Å². The molecule has 0 heterocycles. The Hall–Kier alpha value is -1.00. The van der Waals surface area contributed by atoms with Gasteiger partial charge in [0.1, 0.15) is 0 Å². The Morgan fingerprint density at radius 2 is 2.22 bits per heavy atom. The van der Waals surface area contributed by atoms with Gasteiger partial charge in [0, 0.05) is 5.69 Å². The topological polar surface area (TPSA) is 55.1 Å². The molecule has 0 aliphatic carbocycles. The maximum absolute atomic E-state index is 11.9. The van der Waals surface area contributed by atoms with Crippen molar-refractivity contribution in [3.63, 3.8) is 0 Å². The number of hydrogen-bond acceptors (Lipinski definition) is 3. The lowest BCUT2D eigenvalue weighted by Crippen LogP contribution is -2.36. The molecule has 0 spiro atoms. The summed E-state index contributed by atoms with van der Waals surface area (Å²) in [4.78, 5) is 11.9. The van der Waals surface area contributed by atoms with Crippen molar-refractivity contribution in [3.8, 4) is 0 Å². The summed E-state index contributed by atoms with van der Waals surface area (Å²) in [6, 6.07) is 5.55. The molecule has 1 rings (SSSR count). The summed E-state index contributed by atoms with van der Waals surface area (Å²) in [6.07, 6.45) is 3.69. The predicted molar refractivity (Wildman–Crippen MR) is 80.2 cm³/mol. The van der Waals surface area contributed by atoms with Crippen LogP contribution in [0.4, 0.5) is 5.69 Å². The monoisotopic (exact) mass is 266 g/mol. The van der Waals surface area contributed by atoms with Gasteiger partial charge in [-0.1, -0.05) is 13.0 Å². The van der Waals surface area contributed by atoms with Crippen molar-refractivity contribution in [2.75, 3.05) is 17.3 Å². The van der Waals surface area contributed by atoms with Crippen molar-refractivity contribution in [1.29, 1.82) is 0 Å². The Morgan fingerprint density at radius 1 is 1.50 bits per heavy atom. The van der Waals surface area contributed by atoms with Crippen LogP contribution in [-0.4, -0.2) is 24.0 Å². The van der Waals surface area contributed by atoms with Crippen LogP contribution in [0.2, 0.25) is 0 Å². The van der Waals surface area contributed by atoms with E-state index < -0.39 is 6.04 Å². The van der Waals surface area contributed by atoms with E-state index in [1.165, 1.54) is 11.1 Å². The van der Waals surface area contributed by atoms with E-state index in [0.717, 1.165) is 17.9 Å². The zero-order chi connectivity index (χ0) is 13.5. The van der Waals surface area contributed by atoms with Gasteiger partial charge in [0.15, 0.2) is 0 Å². The second-order valence-corrected chi connectivity index (χ2v) is 5.36. The van der Waals surface area contributed by atoms with E-state index in [2.05, 4.69) is 19.2 Å². The van der Waals surface area contributed by atoms with Crippen LogP contribution in [0.1, 0.15) is 24.5 Å². The molecule has 1 aromatic carbocycles. The normalized spacial score (nSPS) is 12.2. The molecule has 1 atom stereocenters. The van der Waals surface area contributed by atoms with Gasteiger partial charge in [-0.2, -0.15) is 11.8 Å². The minimum atomic E-state index is -0.427. The number of nitrogens with two attached hydrogens (primary N) is 1. The number of hydrogen-bond donors (Lipinski definition) is 2. The minimum absolute atomic E-state index is 0.102. The lowest BCUT2D eigenvalue weighted by Gasteiger charge is -2.13. The molecule has 0 aromatic heterocycles. The average Bonchev–Trinajstić information content (AvgIpc) is 2.37. The largest absolute Gasteiger partial charge is 0.325 e. The maximum Gasteiger partial charge on any atom is 0.241 e. The van der Waals surface area contributed by atoms with Gasteiger partial charge in [-0.25, -0.2) is 0 Å². The molecule has 4 heteroatoms. The highest BCUT2D eigenvalue weighted by Crippen LogP contribution is 2.16. The first kappa shape index (κ1) is 15.1. The molecule has 0 saturated heterocycles. The highest BCUT2D eigenvalue weighted by Gasteiger charge is 2.13. The molecule has 1 amide bonds. The first-order valence-corrected chi connectivity index (χ1v) is 7.62. The Labute approximate surface area is 114 Å². The van der Waals surface area contributed by atoms with Crippen molar-refractivity contribution in [2.24, 2.45) is 5.73 Å². The van der Waals surface area contributed by atoms with Crippen LogP contribution in [0.15, 0.2) is 18.2 Å². The van der Waals surface area contributed by atoms with Crippen molar-refractivity contribution in [1.82, 2.24) is 0 Å². The third-order valence-electron chi connectivity index (χ3n) is 2.97. The van der Waals surface area contributed by atoms with Gasteiger partial charge < -0.3 is 11.1 Å². The van der Waals surface area contributed by atoms with Crippen molar-refractivity contribution in [3.05, 3.63) is 29.3 Å². The molecule has 0 unspecified atom stereocenters. The van der Waals surface area contributed by atoms with Crippen LogP contribution >= 0.6 is 11.8 Å². The summed E-state index contributed by atoms with van der Waals surface area (Å²) in [5, 5.41) is 2.88. The van der Waals surface area contributed by atoms with E-state index in [1.807, 2.05) is 24.5 Å². The summed E-state index contributed by atoms with van der Waals surface area (Å²) in [7, 11) is 0. The molecular formula is C14H22N2OS. The molecule has 1 aromatic rings. The Balaban J connectivity index is 2.64. The third kappa shape index (κ3) is 4.35. The summed E-state index contributed by atoms with van der Waals surface area (Å²) in [5.41, 5.74) is 9.17. The molecule has 0 bridgehead atoms. The van der Waals surface area contributed by atoms with E-state index in [4.69, 9.17) is 5.73 Å². The van der Waals surface area contributed by atoms with Crippen LogP contribution in [0.25, 0.3) is 0 Å². The first-order valence-electron chi connectivity index (χ1n) is 6.23. The first-order chi connectivity index (χ1) is 8.58. The zero-order valence-electron chi connectivity index (χ0n) is 11.3. The SMILES string of the molecule is CCc1cc(NC(=O)[C@H](N)CCSC)ccc1C. The van der Waals surface area contributed by atoms with Crippen molar-refractivity contribution in [2.45, 2.75) is 32.7 Å². The predicted octanol–water partition coefficient (Wildman–Crippen LogP) is 2.58. The Kier molecular flexibility index (Phi) is 6.22. The number of rotatable bonds is 6. The number of aryl methyl sites for hydroxylation is 2. The summed E-state index contributed by atoms with van der Waals surface area (Å²) >= 11 is 1.70. The van der Waals surface area contributed by atoms with E-state index in [9.17, 15) is 4.79 Å². The fourth-order valence-corrected chi connectivity index (χ4v) is 2.23. The number of anilines is 1. The lowest BCUT2D eigenvalue weighted by molar-refractivity contribution is -0.117. The standard InChI is InChI=1S/C14H22N2OS/c1-4-11-9-12(6-5-10(11)2)16-14(17)13(15)7-8-18-3/h5-6,9,13H,4,7-8,15H2,1-3H3,(H,16,17)/t13-/m1/s1. The van der Waals surface area contributed by atoms with E-state index >= 15 is 0 Å². The lowest BCUT2D eigenvalue weighted by atomic mass is 10.1.